The number of nitrogens with zero attached hydrogens (tertiary/aromatic N) is 2. The van der Waals surface area contributed by atoms with E-state index in [1.54, 1.807) is 0 Å². The summed E-state index contributed by atoms with van der Waals surface area (Å²) in [5, 5.41) is 6.27. The minimum Gasteiger partial charge on any atom is -0.357 e. The van der Waals surface area contributed by atoms with Crippen molar-refractivity contribution in [3.8, 4) is 0 Å². The summed E-state index contributed by atoms with van der Waals surface area (Å²) in [7, 11) is 0. The van der Waals surface area contributed by atoms with Crippen LogP contribution in [0, 0.1) is 0 Å². The van der Waals surface area contributed by atoms with Gasteiger partial charge >= 0.3 is 0 Å². The lowest BCUT2D eigenvalue weighted by Crippen LogP contribution is -2.39. The van der Waals surface area contributed by atoms with E-state index in [1.807, 2.05) is 31.2 Å². The molecule has 2 N–H and O–H groups in total. The molecule has 1 aliphatic rings. The van der Waals surface area contributed by atoms with Crippen molar-refractivity contribution in [1.82, 2.24) is 15.5 Å². The molecule has 5 heteroatoms. The highest BCUT2D eigenvalue weighted by Crippen LogP contribution is 2.10. The van der Waals surface area contributed by atoms with E-state index < -0.39 is 0 Å². The smallest absolute Gasteiger partial charge is 0.251 e. The molecule has 1 amide bonds. The van der Waals surface area contributed by atoms with Gasteiger partial charge in [-0.05, 0) is 43.9 Å². The van der Waals surface area contributed by atoms with Gasteiger partial charge in [-0.2, -0.15) is 0 Å². The van der Waals surface area contributed by atoms with Crippen LogP contribution in [-0.4, -0.2) is 42.9 Å². The number of guanidine groups is 1. The van der Waals surface area contributed by atoms with Crippen LogP contribution in [0.1, 0.15) is 49.0 Å². The molecule has 1 aliphatic heterocycles. The first kappa shape index (κ1) is 17.3. The van der Waals surface area contributed by atoms with E-state index in [-0.39, 0.29) is 5.91 Å². The summed E-state index contributed by atoms with van der Waals surface area (Å²) in [5.41, 5.74) is 1.76. The lowest BCUT2D eigenvalue weighted by molar-refractivity contribution is 0.0953. The van der Waals surface area contributed by atoms with Crippen molar-refractivity contribution in [2.75, 3.05) is 26.2 Å². The maximum atomic E-state index is 12.0. The van der Waals surface area contributed by atoms with Crippen LogP contribution < -0.4 is 10.6 Å². The maximum Gasteiger partial charge on any atom is 0.251 e. The molecular weight excluding hydrogens is 288 g/mol. The number of likely N-dealkylation sites (tertiary alicyclic amines) is 1. The van der Waals surface area contributed by atoms with Crippen LogP contribution in [0.25, 0.3) is 0 Å². The Morgan fingerprint density at radius 2 is 2.00 bits per heavy atom. The van der Waals surface area contributed by atoms with Crippen molar-refractivity contribution in [3.05, 3.63) is 35.4 Å². The second-order valence-corrected chi connectivity index (χ2v) is 5.82. The van der Waals surface area contributed by atoms with Gasteiger partial charge in [0, 0.05) is 31.7 Å². The zero-order valence-electron chi connectivity index (χ0n) is 14.3. The second-order valence-electron chi connectivity index (χ2n) is 5.82. The molecule has 2 rings (SSSR count). The molecule has 126 valence electrons. The van der Waals surface area contributed by atoms with Crippen LogP contribution in [0.15, 0.2) is 29.3 Å². The third-order valence-corrected chi connectivity index (χ3v) is 3.88. The van der Waals surface area contributed by atoms with Gasteiger partial charge in [0.25, 0.3) is 5.91 Å². The van der Waals surface area contributed by atoms with Crippen molar-refractivity contribution in [2.24, 2.45) is 4.99 Å². The molecule has 0 spiro atoms. The Morgan fingerprint density at radius 1 is 1.22 bits per heavy atom. The van der Waals surface area contributed by atoms with Gasteiger partial charge in [0.1, 0.15) is 0 Å². The average Bonchev–Trinajstić information content (AvgIpc) is 3.11. The topological polar surface area (TPSA) is 56.7 Å². The molecule has 0 aromatic heterocycles. The number of hydrogen-bond acceptors (Lipinski definition) is 2. The molecule has 1 heterocycles. The SMILES string of the molecule is CCCNC(=O)c1cccc(CN=C(NCC)N2CCCC2)c1. The molecule has 0 unspecified atom stereocenters. The normalized spacial score (nSPS) is 14.9. The van der Waals surface area contributed by atoms with Gasteiger partial charge in [-0.15, -0.1) is 0 Å². The van der Waals surface area contributed by atoms with Crippen LogP contribution in [0.3, 0.4) is 0 Å². The van der Waals surface area contributed by atoms with Crippen molar-refractivity contribution in [1.29, 1.82) is 0 Å². The van der Waals surface area contributed by atoms with Gasteiger partial charge in [0.15, 0.2) is 5.96 Å². The van der Waals surface area contributed by atoms with E-state index >= 15 is 0 Å². The standard InChI is InChI=1S/C18H28N4O/c1-3-10-20-17(23)16-9-7-8-15(13-16)14-21-18(19-4-2)22-11-5-6-12-22/h7-9,13H,3-6,10-12,14H2,1-2H3,(H,19,21)(H,20,23). The minimum atomic E-state index is -0.0101. The van der Waals surface area contributed by atoms with Crippen LogP contribution in [0.4, 0.5) is 0 Å². The summed E-state index contributed by atoms with van der Waals surface area (Å²) < 4.78 is 0. The van der Waals surface area contributed by atoms with Gasteiger partial charge < -0.3 is 15.5 Å². The van der Waals surface area contributed by atoms with Crippen molar-refractivity contribution >= 4 is 11.9 Å². The molecule has 23 heavy (non-hydrogen) atoms. The Bertz CT molecular complexity index is 536. The first-order chi connectivity index (χ1) is 11.2. The molecule has 5 nitrogen and oxygen atoms in total. The average molecular weight is 316 g/mol. The summed E-state index contributed by atoms with van der Waals surface area (Å²) in [6.07, 6.45) is 3.41. The summed E-state index contributed by atoms with van der Waals surface area (Å²) in [5.74, 6) is 0.968. The fourth-order valence-corrected chi connectivity index (χ4v) is 2.67. The van der Waals surface area contributed by atoms with E-state index in [9.17, 15) is 4.79 Å². The fraction of sp³-hybridized carbons (Fsp3) is 0.556. The van der Waals surface area contributed by atoms with Gasteiger partial charge in [-0.25, -0.2) is 4.99 Å². The van der Waals surface area contributed by atoms with Crippen molar-refractivity contribution < 1.29 is 4.79 Å². The number of carbonyl (C=O) groups excluding carboxylic acids is 1. The summed E-state index contributed by atoms with van der Waals surface area (Å²) in [6.45, 7) is 8.45. The first-order valence-electron chi connectivity index (χ1n) is 8.65. The van der Waals surface area contributed by atoms with Crippen LogP contribution in [-0.2, 0) is 6.54 Å². The number of aliphatic imine (C=N–C) groups is 1. The van der Waals surface area contributed by atoms with E-state index in [4.69, 9.17) is 4.99 Å². The number of carbonyl (C=O) groups is 1. The van der Waals surface area contributed by atoms with Gasteiger partial charge in [0.2, 0.25) is 0 Å². The Balaban J connectivity index is 2.03. The Morgan fingerprint density at radius 3 is 2.70 bits per heavy atom. The van der Waals surface area contributed by atoms with E-state index in [2.05, 4.69) is 22.5 Å². The van der Waals surface area contributed by atoms with Crippen molar-refractivity contribution in [2.45, 2.75) is 39.7 Å². The summed E-state index contributed by atoms with van der Waals surface area (Å²) in [6, 6.07) is 7.73. The summed E-state index contributed by atoms with van der Waals surface area (Å²) >= 11 is 0. The van der Waals surface area contributed by atoms with Crippen LogP contribution in [0.5, 0.6) is 0 Å². The molecule has 1 aromatic carbocycles. The lowest BCUT2D eigenvalue weighted by atomic mass is 10.1. The van der Waals surface area contributed by atoms with E-state index in [0.29, 0.717) is 18.7 Å². The lowest BCUT2D eigenvalue weighted by Gasteiger charge is -2.20. The highest BCUT2D eigenvalue weighted by atomic mass is 16.1. The number of rotatable bonds is 6. The molecule has 1 aromatic rings. The third kappa shape index (κ3) is 5.27. The predicted octanol–water partition coefficient (Wildman–Crippen LogP) is 2.39. The predicted molar refractivity (Wildman–Crippen MR) is 94.7 cm³/mol. The number of amides is 1. The third-order valence-electron chi connectivity index (χ3n) is 3.88. The second kappa shape index (κ2) is 9.18. The number of nitrogens with one attached hydrogen (secondary N) is 2. The van der Waals surface area contributed by atoms with Crippen molar-refractivity contribution in [3.63, 3.8) is 0 Å². The zero-order valence-corrected chi connectivity index (χ0v) is 14.3. The molecule has 0 radical (unpaired) electrons. The fourth-order valence-electron chi connectivity index (χ4n) is 2.67. The van der Waals surface area contributed by atoms with Crippen LogP contribution in [0.2, 0.25) is 0 Å². The molecule has 1 saturated heterocycles. The van der Waals surface area contributed by atoms with Gasteiger partial charge in [-0.1, -0.05) is 19.1 Å². The first-order valence-corrected chi connectivity index (χ1v) is 8.65. The minimum absolute atomic E-state index is 0.0101. The Kier molecular flexibility index (Phi) is 6.91. The highest BCUT2D eigenvalue weighted by molar-refractivity contribution is 5.94. The highest BCUT2D eigenvalue weighted by Gasteiger charge is 2.15. The summed E-state index contributed by atoms with van der Waals surface area (Å²) in [4.78, 5) is 19.1. The van der Waals surface area contributed by atoms with Gasteiger partial charge in [0.05, 0.1) is 6.54 Å². The van der Waals surface area contributed by atoms with E-state index in [0.717, 1.165) is 37.6 Å². The molecule has 1 fully saturated rings. The molecule has 0 saturated carbocycles. The molecule has 0 aliphatic carbocycles. The quantitative estimate of drug-likeness (QED) is 0.626. The Labute approximate surface area is 139 Å². The number of hydrogen-bond donors (Lipinski definition) is 2. The van der Waals surface area contributed by atoms with E-state index in [1.165, 1.54) is 12.8 Å². The monoisotopic (exact) mass is 316 g/mol. The molecule has 0 atom stereocenters. The number of benzene rings is 1. The van der Waals surface area contributed by atoms with Crippen LogP contribution >= 0.6 is 0 Å². The molecule has 0 bridgehead atoms. The zero-order chi connectivity index (χ0) is 16.5. The molecular formula is C18H28N4O. The van der Waals surface area contributed by atoms with Gasteiger partial charge in [-0.3, -0.25) is 4.79 Å². The largest absolute Gasteiger partial charge is 0.357 e. The Hall–Kier alpha value is -2.04. The maximum absolute atomic E-state index is 12.0.